The second-order valence-corrected chi connectivity index (χ2v) is 7.61. The zero-order valence-electron chi connectivity index (χ0n) is 16.3. The molecule has 0 bridgehead atoms. The van der Waals surface area contributed by atoms with Crippen LogP contribution in [0.2, 0.25) is 0 Å². The van der Waals surface area contributed by atoms with E-state index in [1.54, 1.807) is 23.1 Å². The Morgan fingerprint density at radius 3 is 2.63 bits per heavy atom. The molecule has 0 aliphatic carbocycles. The Bertz CT molecular complexity index is 855. The Balaban J connectivity index is 1.77. The van der Waals surface area contributed by atoms with E-state index in [9.17, 15) is 9.59 Å². The number of benzene rings is 1. The highest BCUT2D eigenvalue weighted by molar-refractivity contribution is 6.01. The van der Waals surface area contributed by atoms with E-state index in [0.717, 1.165) is 0 Å². The monoisotopic (exact) mass is 375 g/mol. The van der Waals surface area contributed by atoms with Gasteiger partial charge in [-0.3, -0.25) is 0 Å². The second-order valence-electron chi connectivity index (χ2n) is 7.61. The van der Waals surface area contributed by atoms with Crippen LogP contribution >= 0.6 is 0 Å². The molecule has 2 aromatic rings. The third-order valence-corrected chi connectivity index (χ3v) is 4.34. The molecule has 1 fully saturated rings. The predicted octanol–water partition coefficient (Wildman–Crippen LogP) is 3.06. The van der Waals surface area contributed by atoms with Gasteiger partial charge in [0.25, 0.3) is 6.01 Å². The Morgan fingerprint density at radius 2 is 2.00 bits per heavy atom. The summed E-state index contributed by atoms with van der Waals surface area (Å²) in [5.41, 5.74) is 0.834. The summed E-state index contributed by atoms with van der Waals surface area (Å²) in [6, 6.07) is 5.51. The van der Waals surface area contributed by atoms with E-state index >= 15 is 0 Å². The van der Waals surface area contributed by atoms with Gasteiger partial charge in [0.2, 0.25) is 0 Å². The lowest BCUT2D eigenvalue weighted by molar-refractivity contribution is 0.0156. The van der Waals surface area contributed by atoms with Gasteiger partial charge in [0.15, 0.2) is 5.58 Å². The van der Waals surface area contributed by atoms with E-state index in [1.165, 1.54) is 7.11 Å². The largest absolute Gasteiger partial charge is 0.465 e. The summed E-state index contributed by atoms with van der Waals surface area (Å²) in [5.74, 6) is -0.455. The number of hydrogen-bond donors (Lipinski definition) is 0. The molecule has 1 aliphatic heterocycles. The first kappa shape index (κ1) is 19.0. The van der Waals surface area contributed by atoms with Crippen LogP contribution in [0.15, 0.2) is 22.6 Å². The maximum Gasteiger partial charge on any atom is 0.410 e. The van der Waals surface area contributed by atoms with Crippen LogP contribution in [-0.2, 0) is 9.47 Å². The van der Waals surface area contributed by atoms with Crippen molar-refractivity contribution < 1.29 is 23.5 Å². The molecule has 1 atom stereocenters. The molecule has 1 aromatic heterocycles. The van der Waals surface area contributed by atoms with Gasteiger partial charge >= 0.3 is 12.1 Å². The summed E-state index contributed by atoms with van der Waals surface area (Å²) in [6.45, 7) is 9.12. The normalized spacial score (nSPS) is 17.9. The van der Waals surface area contributed by atoms with E-state index in [0.29, 0.717) is 42.3 Å². The number of esters is 1. The van der Waals surface area contributed by atoms with Crippen LogP contribution in [0.4, 0.5) is 10.8 Å². The van der Waals surface area contributed by atoms with E-state index in [4.69, 9.17) is 13.9 Å². The van der Waals surface area contributed by atoms with Gasteiger partial charge in [-0.15, -0.1) is 0 Å². The number of ether oxygens (including phenoxy) is 2. The van der Waals surface area contributed by atoms with E-state index in [1.807, 2.05) is 32.6 Å². The van der Waals surface area contributed by atoms with Crippen LogP contribution in [0.3, 0.4) is 0 Å². The second kappa shape index (κ2) is 7.09. The number of aromatic nitrogens is 1. The average molecular weight is 375 g/mol. The lowest BCUT2D eigenvalue weighted by atomic mass is 10.2. The van der Waals surface area contributed by atoms with E-state index < -0.39 is 11.6 Å². The molecule has 0 saturated carbocycles. The molecule has 146 valence electrons. The zero-order valence-corrected chi connectivity index (χ0v) is 16.3. The van der Waals surface area contributed by atoms with Crippen LogP contribution in [0.25, 0.3) is 11.1 Å². The molecule has 1 unspecified atom stereocenters. The molecule has 0 N–H and O–H groups in total. The van der Waals surface area contributed by atoms with Crippen molar-refractivity contribution in [2.75, 3.05) is 31.6 Å². The van der Waals surface area contributed by atoms with Crippen molar-refractivity contribution in [2.24, 2.45) is 0 Å². The minimum absolute atomic E-state index is 0.0660. The van der Waals surface area contributed by atoms with Crippen molar-refractivity contribution in [3.63, 3.8) is 0 Å². The molecule has 1 saturated heterocycles. The topological polar surface area (TPSA) is 85.1 Å². The number of methoxy groups -OCH3 is 1. The number of carbonyl (C=O) groups excluding carboxylic acids is 2. The zero-order chi connectivity index (χ0) is 19.8. The van der Waals surface area contributed by atoms with Gasteiger partial charge in [0, 0.05) is 25.7 Å². The van der Waals surface area contributed by atoms with Gasteiger partial charge in [0.05, 0.1) is 12.7 Å². The predicted molar refractivity (Wildman–Crippen MR) is 100.0 cm³/mol. The van der Waals surface area contributed by atoms with Crippen molar-refractivity contribution in [1.82, 2.24) is 9.88 Å². The van der Waals surface area contributed by atoms with Crippen LogP contribution in [0, 0.1) is 0 Å². The first-order valence-electron chi connectivity index (χ1n) is 8.92. The first-order chi connectivity index (χ1) is 12.7. The minimum atomic E-state index is -0.529. The van der Waals surface area contributed by atoms with Crippen molar-refractivity contribution in [3.8, 4) is 0 Å². The van der Waals surface area contributed by atoms with Gasteiger partial charge < -0.3 is 23.7 Å². The molecular weight excluding hydrogens is 350 g/mol. The van der Waals surface area contributed by atoms with Gasteiger partial charge in [-0.1, -0.05) is 6.07 Å². The molecule has 0 spiro atoms. The smallest absolute Gasteiger partial charge is 0.410 e. The summed E-state index contributed by atoms with van der Waals surface area (Å²) in [6.07, 6.45) is -0.319. The maximum absolute atomic E-state index is 12.4. The third-order valence-electron chi connectivity index (χ3n) is 4.34. The molecule has 8 heteroatoms. The fourth-order valence-electron chi connectivity index (χ4n) is 3.07. The lowest BCUT2D eigenvalue weighted by Gasteiger charge is -2.39. The van der Waals surface area contributed by atoms with Crippen LogP contribution in [0.5, 0.6) is 0 Å². The number of hydrogen-bond acceptors (Lipinski definition) is 7. The number of amides is 1. The number of fused-ring (bicyclic) bond motifs is 1. The molecule has 3 rings (SSSR count). The first-order valence-corrected chi connectivity index (χ1v) is 8.92. The number of nitrogens with zero attached hydrogens (tertiary/aromatic N) is 3. The van der Waals surface area contributed by atoms with Crippen molar-refractivity contribution in [2.45, 2.75) is 39.3 Å². The summed E-state index contributed by atoms with van der Waals surface area (Å²) >= 11 is 0. The Kier molecular flexibility index (Phi) is 4.99. The van der Waals surface area contributed by atoms with E-state index in [-0.39, 0.29) is 12.1 Å². The number of oxazole rings is 1. The molecule has 27 heavy (non-hydrogen) atoms. The molecule has 0 radical (unpaired) electrons. The number of anilines is 1. The summed E-state index contributed by atoms with van der Waals surface area (Å²) in [5, 5.41) is 0. The number of para-hydroxylation sites is 1. The molecular formula is C19H25N3O5. The highest BCUT2D eigenvalue weighted by atomic mass is 16.6. The maximum atomic E-state index is 12.4. The van der Waals surface area contributed by atoms with Crippen LogP contribution in [-0.4, -0.2) is 60.3 Å². The number of rotatable bonds is 2. The lowest BCUT2D eigenvalue weighted by Crippen LogP contribution is -2.55. The van der Waals surface area contributed by atoms with Gasteiger partial charge in [-0.05, 0) is 39.8 Å². The molecule has 1 aromatic carbocycles. The third kappa shape index (κ3) is 3.99. The Labute approximate surface area is 158 Å². The summed E-state index contributed by atoms with van der Waals surface area (Å²) < 4.78 is 16.1. The Morgan fingerprint density at radius 1 is 1.26 bits per heavy atom. The van der Waals surface area contributed by atoms with Gasteiger partial charge in [-0.2, -0.15) is 4.98 Å². The molecule has 1 amide bonds. The Hall–Kier alpha value is -2.77. The standard InChI is InChI=1S/C19H25N3O5/c1-12-11-21(9-10-22(12)18(24)27-19(2,3)4)17-20-15-13(16(23)25-5)7-6-8-14(15)26-17/h6-8,12H,9-11H2,1-5H3. The van der Waals surface area contributed by atoms with Crippen LogP contribution in [0.1, 0.15) is 38.1 Å². The molecule has 1 aliphatic rings. The highest BCUT2D eigenvalue weighted by Gasteiger charge is 2.32. The minimum Gasteiger partial charge on any atom is -0.465 e. The average Bonchev–Trinajstić information content (AvgIpc) is 3.03. The van der Waals surface area contributed by atoms with Crippen LogP contribution < -0.4 is 4.90 Å². The number of carbonyl (C=O) groups is 2. The fraction of sp³-hybridized carbons (Fsp3) is 0.526. The van der Waals surface area contributed by atoms with E-state index in [2.05, 4.69) is 4.98 Å². The SMILES string of the molecule is COC(=O)c1cccc2oc(N3CCN(C(=O)OC(C)(C)C)C(C)C3)nc12. The number of piperazine rings is 1. The van der Waals surface area contributed by atoms with Gasteiger partial charge in [0.1, 0.15) is 11.1 Å². The van der Waals surface area contributed by atoms with Crippen molar-refractivity contribution in [3.05, 3.63) is 23.8 Å². The van der Waals surface area contributed by atoms with Crippen molar-refractivity contribution in [1.29, 1.82) is 0 Å². The van der Waals surface area contributed by atoms with Crippen molar-refractivity contribution >= 4 is 29.2 Å². The summed E-state index contributed by atoms with van der Waals surface area (Å²) in [7, 11) is 1.33. The molecule has 2 heterocycles. The van der Waals surface area contributed by atoms with Gasteiger partial charge in [-0.25, -0.2) is 9.59 Å². The summed E-state index contributed by atoms with van der Waals surface area (Å²) in [4.78, 5) is 32.4. The fourth-order valence-corrected chi connectivity index (χ4v) is 3.07. The highest BCUT2D eigenvalue weighted by Crippen LogP contribution is 2.27. The quantitative estimate of drug-likeness (QED) is 0.746. The molecule has 8 nitrogen and oxygen atoms in total.